The van der Waals surface area contributed by atoms with Crippen molar-refractivity contribution < 1.29 is 5.11 Å². The summed E-state index contributed by atoms with van der Waals surface area (Å²) in [4.78, 5) is 0. The maximum Gasteiger partial charge on any atom is 0.0598 e. The van der Waals surface area contributed by atoms with Crippen molar-refractivity contribution in [3.63, 3.8) is 0 Å². The number of hydrazine groups is 1. The number of rotatable bonds is 2. The highest BCUT2D eigenvalue weighted by Gasteiger charge is 2.23. The summed E-state index contributed by atoms with van der Waals surface area (Å²) in [5.74, 6) is 0. The highest BCUT2D eigenvalue weighted by atomic mass is 79.9. The molecule has 0 bridgehead atoms. The Morgan fingerprint density at radius 1 is 1.29 bits per heavy atom. The fourth-order valence-electron chi connectivity index (χ4n) is 1.66. The minimum atomic E-state index is 0.170. The van der Waals surface area contributed by atoms with Crippen molar-refractivity contribution in [2.75, 3.05) is 6.61 Å². The van der Waals surface area contributed by atoms with E-state index in [1.807, 2.05) is 12.1 Å². The number of nitrogens with one attached hydrogen (secondary N) is 2. The lowest BCUT2D eigenvalue weighted by atomic mass is 10.0. The van der Waals surface area contributed by atoms with Gasteiger partial charge < -0.3 is 5.11 Å². The van der Waals surface area contributed by atoms with Crippen LogP contribution in [0.15, 0.2) is 28.7 Å². The summed E-state index contributed by atoms with van der Waals surface area (Å²) < 4.78 is 1.09. The average Bonchev–Trinajstić information content (AvgIpc) is 2.67. The van der Waals surface area contributed by atoms with Crippen molar-refractivity contribution >= 4 is 15.9 Å². The molecule has 1 aliphatic heterocycles. The lowest BCUT2D eigenvalue weighted by Crippen LogP contribution is -2.32. The van der Waals surface area contributed by atoms with Crippen LogP contribution in [0.5, 0.6) is 0 Å². The maximum absolute atomic E-state index is 8.96. The molecule has 1 aromatic carbocycles. The first-order valence-electron chi connectivity index (χ1n) is 4.67. The third-order valence-electron chi connectivity index (χ3n) is 2.47. The average molecular weight is 257 g/mol. The molecule has 0 aliphatic carbocycles. The molecule has 3 nitrogen and oxygen atoms in total. The summed E-state index contributed by atoms with van der Waals surface area (Å²) in [6.45, 7) is 0.181. The van der Waals surface area contributed by atoms with Crippen molar-refractivity contribution in [3.05, 3.63) is 34.3 Å². The van der Waals surface area contributed by atoms with E-state index in [9.17, 15) is 0 Å². The van der Waals surface area contributed by atoms with Gasteiger partial charge in [0.15, 0.2) is 0 Å². The molecule has 2 unspecified atom stereocenters. The van der Waals surface area contributed by atoms with Gasteiger partial charge in [0.25, 0.3) is 0 Å². The largest absolute Gasteiger partial charge is 0.395 e. The Bertz CT molecular complexity index is 301. The van der Waals surface area contributed by atoms with E-state index < -0.39 is 0 Å². The van der Waals surface area contributed by atoms with Crippen LogP contribution in [0.2, 0.25) is 0 Å². The van der Waals surface area contributed by atoms with Crippen LogP contribution in [0.4, 0.5) is 0 Å². The Morgan fingerprint density at radius 3 is 2.57 bits per heavy atom. The summed E-state index contributed by atoms with van der Waals surface area (Å²) in [7, 11) is 0. The summed E-state index contributed by atoms with van der Waals surface area (Å²) in [5, 5.41) is 8.96. The zero-order valence-electron chi connectivity index (χ0n) is 7.70. The van der Waals surface area contributed by atoms with E-state index in [1.165, 1.54) is 5.56 Å². The van der Waals surface area contributed by atoms with Crippen LogP contribution in [-0.2, 0) is 0 Å². The molecule has 4 heteroatoms. The molecule has 0 radical (unpaired) electrons. The second-order valence-electron chi connectivity index (χ2n) is 3.51. The lowest BCUT2D eigenvalue weighted by molar-refractivity contribution is 0.251. The summed E-state index contributed by atoms with van der Waals surface area (Å²) in [5.41, 5.74) is 7.47. The van der Waals surface area contributed by atoms with Crippen LogP contribution < -0.4 is 10.9 Å². The van der Waals surface area contributed by atoms with Crippen LogP contribution >= 0.6 is 15.9 Å². The van der Waals surface area contributed by atoms with Gasteiger partial charge in [0, 0.05) is 16.6 Å². The van der Waals surface area contributed by atoms with Gasteiger partial charge in [-0.15, -0.1) is 0 Å². The molecule has 1 saturated heterocycles. The van der Waals surface area contributed by atoms with E-state index in [1.54, 1.807) is 0 Å². The zero-order valence-corrected chi connectivity index (χ0v) is 9.29. The summed E-state index contributed by atoms with van der Waals surface area (Å²) in [6, 6.07) is 8.71. The van der Waals surface area contributed by atoms with E-state index in [0.717, 1.165) is 10.9 Å². The quantitative estimate of drug-likeness (QED) is 0.749. The van der Waals surface area contributed by atoms with Gasteiger partial charge >= 0.3 is 0 Å². The highest BCUT2D eigenvalue weighted by molar-refractivity contribution is 9.10. The second-order valence-corrected chi connectivity index (χ2v) is 4.42. The van der Waals surface area contributed by atoms with Crippen molar-refractivity contribution in [1.29, 1.82) is 0 Å². The van der Waals surface area contributed by atoms with Gasteiger partial charge in [0.1, 0.15) is 0 Å². The van der Waals surface area contributed by atoms with Gasteiger partial charge in [-0.25, -0.2) is 5.43 Å². The molecule has 2 rings (SSSR count). The Labute approximate surface area is 91.6 Å². The van der Waals surface area contributed by atoms with E-state index in [2.05, 4.69) is 38.9 Å². The smallest absolute Gasteiger partial charge is 0.0598 e. The Hall–Kier alpha value is -0.420. The first kappa shape index (κ1) is 10.1. The van der Waals surface area contributed by atoms with E-state index in [0.29, 0.717) is 6.04 Å². The molecule has 76 valence electrons. The molecular weight excluding hydrogens is 244 g/mol. The topological polar surface area (TPSA) is 44.3 Å². The predicted molar refractivity (Wildman–Crippen MR) is 58.6 cm³/mol. The summed E-state index contributed by atoms with van der Waals surface area (Å²) >= 11 is 3.40. The predicted octanol–water partition coefficient (Wildman–Crippen LogP) is 1.35. The molecule has 1 heterocycles. The van der Waals surface area contributed by atoms with Crippen LogP contribution in [0.25, 0.3) is 0 Å². The van der Waals surface area contributed by atoms with Crippen LogP contribution in [0.1, 0.15) is 18.0 Å². The summed E-state index contributed by atoms with van der Waals surface area (Å²) in [6.07, 6.45) is 0.929. The van der Waals surface area contributed by atoms with Crippen LogP contribution in [0, 0.1) is 0 Å². The Balaban J connectivity index is 2.06. The van der Waals surface area contributed by atoms with Crippen LogP contribution in [-0.4, -0.2) is 17.8 Å². The molecule has 0 spiro atoms. The SMILES string of the molecule is OCC1CC(c2ccc(Br)cc2)NN1. The van der Waals surface area contributed by atoms with E-state index in [-0.39, 0.29) is 12.6 Å². The lowest BCUT2D eigenvalue weighted by Gasteiger charge is -2.09. The molecule has 3 N–H and O–H groups in total. The Kier molecular flexibility index (Phi) is 3.18. The number of hydrogen-bond donors (Lipinski definition) is 3. The fraction of sp³-hybridized carbons (Fsp3) is 0.400. The molecule has 1 fully saturated rings. The molecule has 0 amide bonds. The minimum Gasteiger partial charge on any atom is -0.395 e. The normalized spacial score (nSPS) is 26.7. The second kappa shape index (κ2) is 4.40. The molecule has 0 aromatic heterocycles. The van der Waals surface area contributed by atoms with Gasteiger partial charge in [-0.05, 0) is 24.1 Å². The molecule has 2 atom stereocenters. The standard InChI is InChI=1S/C10H13BrN2O/c11-8-3-1-7(2-4-8)10-5-9(6-14)12-13-10/h1-4,9-10,12-14H,5-6H2. The van der Waals surface area contributed by atoms with Gasteiger partial charge in [-0.1, -0.05) is 28.1 Å². The van der Waals surface area contributed by atoms with Crippen molar-refractivity contribution in [1.82, 2.24) is 10.9 Å². The minimum absolute atomic E-state index is 0.170. The molecule has 0 saturated carbocycles. The van der Waals surface area contributed by atoms with Crippen molar-refractivity contribution in [2.24, 2.45) is 0 Å². The molecule has 1 aromatic rings. The van der Waals surface area contributed by atoms with Gasteiger partial charge in [0.2, 0.25) is 0 Å². The Morgan fingerprint density at radius 2 is 2.00 bits per heavy atom. The molecule has 1 aliphatic rings. The monoisotopic (exact) mass is 256 g/mol. The number of benzene rings is 1. The van der Waals surface area contributed by atoms with Gasteiger partial charge in [-0.2, -0.15) is 0 Å². The number of halogens is 1. The van der Waals surface area contributed by atoms with E-state index >= 15 is 0 Å². The molecular formula is C10H13BrN2O. The van der Waals surface area contributed by atoms with Crippen molar-refractivity contribution in [2.45, 2.75) is 18.5 Å². The number of hydrogen-bond acceptors (Lipinski definition) is 3. The number of aliphatic hydroxyl groups excluding tert-OH is 1. The van der Waals surface area contributed by atoms with Gasteiger partial charge in [-0.3, -0.25) is 5.43 Å². The van der Waals surface area contributed by atoms with E-state index in [4.69, 9.17) is 5.11 Å². The third kappa shape index (κ3) is 2.15. The number of aliphatic hydroxyl groups is 1. The highest BCUT2D eigenvalue weighted by Crippen LogP contribution is 2.23. The van der Waals surface area contributed by atoms with Crippen LogP contribution in [0.3, 0.4) is 0 Å². The first-order valence-corrected chi connectivity index (χ1v) is 5.46. The first-order chi connectivity index (χ1) is 6.79. The fourth-order valence-corrected chi connectivity index (χ4v) is 1.92. The van der Waals surface area contributed by atoms with Gasteiger partial charge in [0.05, 0.1) is 6.61 Å². The maximum atomic E-state index is 8.96. The van der Waals surface area contributed by atoms with Crippen molar-refractivity contribution in [3.8, 4) is 0 Å². The third-order valence-corrected chi connectivity index (χ3v) is 3.00. The zero-order chi connectivity index (χ0) is 9.97. The molecule has 14 heavy (non-hydrogen) atoms.